The summed E-state index contributed by atoms with van der Waals surface area (Å²) in [7, 11) is 0. The van der Waals surface area contributed by atoms with Crippen molar-refractivity contribution < 1.29 is 17.6 Å². The molecule has 1 aromatic carbocycles. The Morgan fingerprint density at radius 1 is 1.13 bits per heavy atom. The van der Waals surface area contributed by atoms with E-state index in [0.717, 1.165) is 12.1 Å². The molecule has 0 aliphatic carbocycles. The second-order valence-electron chi connectivity index (χ2n) is 3.39. The van der Waals surface area contributed by atoms with E-state index in [2.05, 4.69) is 0 Å². The molecule has 0 amide bonds. The topological polar surface area (TPSA) is 0 Å². The molecule has 4 heteroatoms. The van der Waals surface area contributed by atoms with E-state index in [1.54, 1.807) is 13.8 Å². The molecule has 0 aliphatic rings. The predicted molar refractivity (Wildman–Crippen MR) is 52.2 cm³/mol. The molecule has 0 saturated heterocycles. The number of rotatable bonds is 1. The molecule has 0 spiro atoms. The van der Waals surface area contributed by atoms with Crippen molar-refractivity contribution in [3.05, 3.63) is 35.1 Å². The Labute approximate surface area is 86.9 Å². The van der Waals surface area contributed by atoms with Gasteiger partial charge in [-0.2, -0.15) is 13.2 Å². The molecule has 15 heavy (non-hydrogen) atoms. The molecule has 0 bridgehead atoms. The zero-order chi connectivity index (χ0) is 10.9. The fourth-order valence-electron chi connectivity index (χ4n) is 1.12. The van der Waals surface area contributed by atoms with Crippen molar-refractivity contribution >= 4 is 0 Å². The summed E-state index contributed by atoms with van der Waals surface area (Å²) in [5.74, 6) is -1.27. The molecular weight excluding hydrogens is 208 g/mol. The Bertz CT molecular complexity index is 326. The van der Waals surface area contributed by atoms with E-state index in [1.165, 1.54) is 6.07 Å². The van der Waals surface area contributed by atoms with Gasteiger partial charge in [-0.25, -0.2) is 4.39 Å². The quantitative estimate of drug-likeness (QED) is 0.609. The van der Waals surface area contributed by atoms with Crippen LogP contribution in [0.5, 0.6) is 0 Å². The fraction of sp³-hybridized carbons (Fsp3) is 0.455. The summed E-state index contributed by atoms with van der Waals surface area (Å²) in [6.07, 6.45) is -4.62. The summed E-state index contributed by atoms with van der Waals surface area (Å²) in [5.41, 5.74) is -0.706. The van der Waals surface area contributed by atoms with Crippen LogP contribution in [0.3, 0.4) is 0 Å². The highest BCUT2D eigenvalue weighted by Gasteiger charge is 2.34. The van der Waals surface area contributed by atoms with Crippen LogP contribution in [0.15, 0.2) is 18.2 Å². The first-order chi connectivity index (χ1) is 6.32. The molecule has 0 aromatic heterocycles. The number of alkyl halides is 3. The van der Waals surface area contributed by atoms with E-state index in [-0.39, 0.29) is 13.3 Å². The third-order valence-electron chi connectivity index (χ3n) is 1.96. The first kappa shape index (κ1) is 13.9. The molecule has 0 nitrogen and oxygen atoms in total. The molecule has 0 N–H and O–H groups in total. The normalized spacial score (nSPS) is 11.4. The Balaban J connectivity index is 0.00000196. The molecule has 0 aliphatic heterocycles. The van der Waals surface area contributed by atoms with E-state index in [0.29, 0.717) is 5.56 Å². The van der Waals surface area contributed by atoms with Crippen LogP contribution in [-0.2, 0) is 6.18 Å². The van der Waals surface area contributed by atoms with Crippen LogP contribution in [0.25, 0.3) is 0 Å². The molecule has 0 unspecified atom stereocenters. The fourth-order valence-corrected chi connectivity index (χ4v) is 1.12. The Morgan fingerprint density at radius 2 is 1.67 bits per heavy atom. The van der Waals surface area contributed by atoms with Gasteiger partial charge in [-0.05, 0) is 23.6 Å². The van der Waals surface area contributed by atoms with Gasteiger partial charge in [0.25, 0.3) is 0 Å². The predicted octanol–water partition coefficient (Wildman–Crippen LogP) is 4.60. The minimum atomic E-state index is -4.62. The summed E-state index contributed by atoms with van der Waals surface area (Å²) in [5, 5.41) is 0. The molecule has 0 saturated carbocycles. The van der Waals surface area contributed by atoms with Gasteiger partial charge in [0.1, 0.15) is 5.82 Å². The van der Waals surface area contributed by atoms with Gasteiger partial charge >= 0.3 is 6.18 Å². The average molecular weight is 222 g/mol. The number of halogens is 4. The summed E-state index contributed by atoms with van der Waals surface area (Å²) in [6, 6.07) is 3.09. The van der Waals surface area contributed by atoms with Gasteiger partial charge in [0, 0.05) is 0 Å². The van der Waals surface area contributed by atoms with Crippen molar-refractivity contribution in [3.63, 3.8) is 0 Å². The smallest absolute Gasteiger partial charge is 0.206 e. The maximum Gasteiger partial charge on any atom is 0.419 e. The van der Waals surface area contributed by atoms with E-state index in [4.69, 9.17) is 0 Å². The lowest BCUT2D eigenvalue weighted by Gasteiger charge is -2.11. The zero-order valence-corrected chi connectivity index (χ0v) is 7.82. The molecule has 0 radical (unpaired) electrons. The molecular formula is C11H14F4. The maximum absolute atomic E-state index is 12.8. The van der Waals surface area contributed by atoms with Crippen molar-refractivity contribution in [1.29, 1.82) is 0 Å². The number of benzene rings is 1. The summed E-state index contributed by atoms with van der Waals surface area (Å²) >= 11 is 0. The van der Waals surface area contributed by atoms with Crippen molar-refractivity contribution in [2.75, 3.05) is 0 Å². The van der Waals surface area contributed by atoms with Gasteiger partial charge in [-0.3, -0.25) is 0 Å². The van der Waals surface area contributed by atoms with Crippen LogP contribution >= 0.6 is 0 Å². The Morgan fingerprint density at radius 3 is 2.07 bits per heavy atom. The van der Waals surface area contributed by atoms with Gasteiger partial charge in [-0.1, -0.05) is 27.3 Å². The summed E-state index contributed by atoms with van der Waals surface area (Å²) in [4.78, 5) is 0. The van der Waals surface area contributed by atoms with Gasteiger partial charge < -0.3 is 0 Å². The van der Waals surface area contributed by atoms with Gasteiger partial charge in [-0.15, -0.1) is 0 Å². The lowest BCUT2D eigenvalue weighted by Crippen LogP contribution is -2.09. The lowest BCUT2D eigenvalue weighted by atomic mass is 10.0. The maximum atomic E-state index is 12.8. The molecule has 0 fully saturated rings. The van der Waals surface area contributed by atoms with E-state index in [9.17, 15) is 17.6 Å². The Kier molecular flexibility index (Phi) is 4.31. The average Bonchev–Trinajstić information content (AvgIpc) is 2.02. The van der Waals surface area contributed by atoms with Gasteiger partial charge in [0.2, 0.25) is 0 Å². The van der Waals surface area contributed by atoms with Crippen LogP contribution in [-0.4, -0.2) is 0 Å². The third kappa shape index (κ3) is 3.22. The van der Waals surface area contributed by atoms with E-state index in [1.807, 2.05) is 0 Å². The Hall–Kier alpha value is -1.06. The number of hydrogen-bond acceptors (Lipinski definition) is 0. The minimum absolute atomic E-state index is 0. The SMILES string of the molecule is C.CC(C)c1ccc(F)c(C(F)(F)F)c1. The van der Waals surface area contributed by atoms with Crippen molar-refractivity contribution in [3.8, 4) is 0 Å². The van der Waals surface area contributed by atoms with Crippen LogP contribution in [0, 0.1) is 5.82 Å². The van der Waals surface area contributed by atoms with Crippen molar-refractivity contribution in [1.82, 2.24) is 0 Å². The van der Waals surface area contributed by atoms with Gasteiger partial charge in [0.15, 0.2) is 0 Å². The van der Waals surface area contributed by atoms with Crippen LogP contribution in [0.2, 0.25) is 0 Å². The molecule has 1 rings (SSSR count). The van der Waals surface area contributed by atoms with Crippen LogP contribution in [0.4, 0.5) is 17.6 Å². The first-order valence-corrected chi connectivity index (χ1v) is 4.19. The largest absolute Gasteiger partial charge is 0.419 e. The second kappa shape index (κ2) is 4.64. The molecule has 1 aromatic rings. The standard InChI is InChI=1S/C10H10F4.CH4/c1-6(2)7-3-4-9(11)8(5-7)10(12,13)14;/h3-6H,1-2H3;1H4. The van der Waals surface area contributed by atoms with Crippen LogP contribution < -0.4 is 0 Å². The highest BCUT2D eigenvalue weighted by Crippen LogP contribution is 2.33. The molecule has 0 heterocycles. The summed E-state index contributed by atoms with van der Waals surface area (Å²) < 4.78 is 49.6. The van der Waals surface area contributed by atoms with Crippen LogP contribution in [0.1, 0.15) is 38.3 Å². The third-order valence-corrected chi connectivity index (χ3v) is 1.96. The van der Waals surface area contributed by atoms with Crippen molar-refractivity contribution in [2.45, 2.75) is 33.4 Å². The highest BCUT2D eigenvalue weighted by molar-refractivity contribution is 5.29. The lowest BCUT2D eigenvalue weighted by molar-refractivity contribution is -0.140. The summed E-state index contributed by atoms with van der Waals surface area (Å²) in [6.45, 7) is 3.51. The molecule has 86 valence electrons. The highest BCUT2D eigenvalue weighted by atomic mass is 19.4. The van der Waals surface area contributed by atoms with E-state index >= 15 is 0 Å². The zero-order valence-electron chi connectivity index (χ0n) is 7.82. The van der Waals surface area contributed by atoms with Gasteiger partial charge in [0.05, 0.1) is 5.56 Å². The first-order valence-electron chi connectivity index (χ1n) is 4.19. The van der Waals surface area contributed by atoms with Crippen molar-refractivity contribution in [2.24, 2.45) is 0 Å². The second-order valence-corrected chi connectivity index (χ2v) is 3.39. The minimum Gasteiger partial charge on any atom is -0.206 e. The number of hydrogen-bond donors (Lipinski definition) is 0. The monoisotopic (exact) mass is 222 g/mol. The molecule has 0 atom stereocenters. The van der Waals surface area contributed by atoms with E-state index < -0.39 is 17.6 Å².